The first kappa shape index (κ1) is 16.7. The zero-order valence-electron chi connectivity index (χ0n) is 13.8. The maximum absolute atomic E-state index is 12.2. The van der Waals surface area contributed by atoms with Gasteiger partial charge < -0.3 is 19.9 Å². The molecule has 124 valence electrons. The average molecular weight is 309 g/mol. The molecule has 0 saturated heterocycles. The Balaban J connectivity index is 1.95. The summed E-state index contributed by atoms with van der Waals surface area (Å²) in [6.45, 7) is 7.43. The van der Waals surface area contributed by atoms with E-state index in [9.17, 15) is 9.90 Å². The summed E-state index contributed by atoms with van der Waals surface area (Å²) in [4.78, 5) is 13.8. The van der Waals surface area contributed by atoms with E-state index in [4.69, 9.17) is 0 Å². The number of likely N-dealkylation sites (N-methyl/N-ethyl adjacent to an activating group) is 1. The molecular weight excluding hydrogens is 282 g/mol. The smallest absolute Gasteiger partial charge is 0.317 e. The lowest BCUT2D eigenvalue weighted by molar-refractivity contribution is 0.0479. The van der Waals surface area contributed by atoms with Gasteiger partial charge in [0.2, 0.25) is 0 Å². The van der Waals surface area contributed by atoms with Gasteiger partial charge in [-0.25, -0.2) is 4.79 Å². The summed E-state index contributed by atoms with van der Waals surface area (Å²) in [5.41, 5.74) is -0.903. The molecule has 0 unspecified atom stereocenters. The summed E-state index contributed by atoms with van der Waals surface area (Å²) in [5.74, 6) is 1.83. The molecule has 7 nitrogen and oxygen atoms in total. The number of urea groups is 1. The van der Waals surface area contributed by atoms with Gasteiger partial charge in [-0.15, -0.1) is 10.2 Å². The number of aryl methyl sites for hydroxylation is 1. The highest BCUT2D eigenvalue weighted by Gasteiger charge is 2.22. The quantitative estimate of drug-likeness (QED) is 0.859. The van der Waals surface area contributed by atoms with Crippen LogP contribution in [0.5, 0.6) is 0 Å². The lowest BCUT2D eigenvalue weighted by atomic mass is 10.1. The van der Waals surface area contributed by atoms with E-state index in [1.54, 1.807) is 18.7 Å². The number of aromatic nitrogens is 3. The van der Waals surface area contributed by atoms with E-state index in [1.165, 1.54) is 6.42 Å². The van der Waals surface area contributed by atoms with E-state index in [0.29, 0.717) is 19.6 Å². The fourth-order valence-corrected chi connectivity index (χ4v) is 2.74. The molecule has 0 atom stereocenters. The molecule has 1 aromatic rings. The van der Waals surface area contributed by atoms with Crippen molar-refractivity contribution >= 4 is 6.03 Å². The first-order valence-electron chi connectivity index (χ1n) is 8.07. The molecule has 0 aliphatic carbocycles. The zero-order valence-corrected chi connectivity index (χ0v) is 13.8. The number of carbonyl (C=O) groups excluding carboxylic acids is 1. The van der Waals surface area contributed by atoms with Crippen LogP contribution in [0.4, 0.5) is 4.79 Å². The molecule has 0 aromatic carbocycles. The summed E-state index contributed by atoms with van der Waals surface area (Å²) in [7, 11) is 0. The van der Waals surface area contributed by atoms with Crippen molar-refractivity contribution in [2.75, 3.05) is 13.1 Å². The SMILES string of the molecule is CCN(CC(C)(C)O)C(=O)NCc1nnc2n1CCCCC2. The predicted molar refractivity (Wildman–Crippen MR) is 83.4 cm³/mol. The number of nitrogens with zero attached hydrogens (tertiary/aromatic N) is 4. The Morgan fingerprint density at radius 3 is 2.82 bits per heavy atom. The summed E-state index contributed by atoms with van der Waals surface area (Å²) < 4.78 is 2.12. The highest BCUT2D eigenvalue weighted by atomic mass is 16.3. The molecule has 7 heteroatoms. The molecule has 0 radical (unpaired) electrons. The second-order valence-corrected chi connectivity index (χ2v) is 6.48. The van der Waals surface area contributed by atoms with Gasteiger partial charge >= 0.3 is 6.03 Å². The maximum atomic E-state index is 12.2. The Hall–Kier alpha value is -1.63. The summed E-state index contributed by atoms with van der Waals surface area (Å²) in [6, 6.07) is -0.185. The maximum Gasteiger partial charge on any atom is 0.317 e. The number of hydrogen-bond donors (Lipinski definition) is 2. The lowest BCUT2D eigenvalue weighted by Crippen LogP contribution is -2.46. The minimum Gasteiger partial charge on any atom is -0.389 e. The molecule has 22 heavy (non-hydrogen) atoms. The Labute approximate surface area is 131 Å². The van der Waals surface area contributed by atoms with E-state index in [2.05, 4.69) is 20.1 Å². The second kappa shape index (κ2) is 7.09. The summed E-state index contributed by atoms with van der Waals surface area (Å²) in [6.07, 6.45) is 4.45. The highest BCUT2D eigenvalue weighted by molar-refractivity contribution is 5.74. The molecule has 2 heterocycles. The van der Waals surface area contributed by atoms with Crippen LogP contribution in [0.1, 0.15) is 51.7 Å². The van der Waals surface area contributed by atoms with Gasteiger partial charge in [-0.2, -0.15) is 0 Å². The summed E-state index contributed by atoms with van der Waals surface area (Å²) in [5, 5.41) is 21.2. The normalized spacial score (nSPS) is 15.1. The van der Waals surface area contributed by atoms with Crippen molar-refractivity contribution in [3.05, 3.63) is 11.6 Å². The van der Waals surface area contributed by atoms with Gasteiger partial charge in [-0.3, -0.25) is 0 Å². The van der Waals surface area contributed by atoms with Crippen molar-refractivity contribution in [2.24, 2.45) is 0 Å². The fourth-order valence-electron chi connectivity index (χ4n) is 2.74. The van der Waals surface area contributed by atoms with Crippen LogP contribution in [0.3, 0.4) is 0 Å². The molecule has 0 spiro atoms. The first-order chi connectivity index (χ1) is 10.4. The van der Waals surface area contributed by atoms with Crippen molar-refractivity contribution in [1.82, 2.24) is 25.0 Å². The van der Waals surface area contributed by atoms with Crippen molar-refractivity contribution in [3.8, 4) is 0 Å². The van der Waals surface area contributed by atoms with Crippen LogP contribution in [-0.4, -0.2) is 49.5 Å². The second-order valence-electron chi connectivity index (χ2n) is 6.48. The molecule has 2 N–H and O–H groups in total. The van der Waals surface area contributed by atoms with Crippen molar-refractivity contribution in [2.45, 2.75) is 65.1 Å². The average Bonchev–Trinajstić information content (AvgIpc) is 2.68. The van der Waals surface area contributed by atoms with Crippen molar-refractivity contribution in [3.63, 3.8) is 0 Å². The van der Waals surface area contributed by atoms with Crippen LogP contribution in [0.2, 0.25) is 0 Å². The third-order valence-corrected chi connectivity index (χ3v) is 3.83. The van der Waals surface area contributed by atoms with Gasteiger partial charge in [0.15, 0.2) is 5.82 Å². The van der Waals surface area contributed by atoms with Crippen LogP contribution in [0.15, 0.2) is 0 Å². The Morgan fingerprint density at radius 1 is 1.36 bits per heavy atom. The Morgan fingerprint density at radius 2 is 2.14 bits per heavy atom. The number of aliphatic hydroxyl groups is 1. The van der Waals surface area contributed by atoms with Gasteiger partial charge in [0, 0.05) is 19.5 Å². The number of hydrogen-bond acceptors (Lipinski definition) is 4. The number of fused-ring (bicyclic) bond motifs is 1. The van der Waals surface area contributed by atoms with E-state index in [0.717, 1.165) is 37.5 Å². The molecule has 1 aliphatic heterocycles. The number of rotatable bonds is 5. The van der Waals surface area contributed by atoms with Gasteiger partial charge in [0.25, 0.3) is 0 Å². The van der Waals surface area contributed by atoms with Crippen LogP contribution in [-0.2, 0) is 19.5 Å². The molecular formula is C15H27N5O2. The van der Waals surface area contributed by atoms with E-state index in [-0.39, 0.29) is 6.03 Å². The predicted octanol–water partition coefficient (Wildman–Crippen LogP) is 1.31. The third-order valence-electron chi connectivity index (χ3n) is 3.83. The topological polar surface area (TPSA) is 83.3 Å². The number of nitrogens with one attached hydrogen (secondary N) is 1. The molecule has 2 amide bonds. The van der Waals surface area contributed by atoms with Crippen LogP contribution in [0, 0.1) is 0 Å². The van der Waals surface area contributed by atoms with Crippen molar-refractivity contribution < 1.29 is 9.90 Å². The molecule has 0 bridgehead atoms. The zero-order chi connectivity index (χ0) is 16.2. The van der Waals surface area contributed by atoms with Crippen LogP contribution < -0.4 is 5.32 Å². The summed E-state index contributed by atoms with van der Waals surface area (Å²) >= 11 is 0. The first-order valence-corrected chi connectivity index (χ1v) is 8.07. The third kappa shape index (κ3) is 4.43. The van der Waals surface area contributed by atoms with Gasteiger partial charge in [-0.1, -0.05) is 6.42 Å². The standard InChI is InChI=1S/C15H27N5O2/c1-4-19(11-15(2,3)22)14(21)16-10-13-18-17-12-8-6-5-7-9-20(12)13/h22H,4-11H2,1-3H3,(H,16,21). The monoisotopic (exact) mass is 309 g/mol. The molecule has 1 aromatic heterocycles. The van der Waals surface area contributed by atoms with E-state index < -0.39 is 5.60 Å². The number of amides is 2. The fraction of sp³-hybridized carbons (Fsp3) is 0.800. The van der Waals surface area contributed by atoms with Crippen LogP contribution >= 0.6 is 0 Å². The van der Waals surface area contributed by atoms with E-state index in [1.807, 2.05) is 6.92 Å². The largest absolute Gasteiger partial charge is 0.389 e. The molecule has 2 rings (SSSR count). The minimum atomic E-state index is -0.903. The van der Waals surface area contributed by atoms with Crippen molar-refractivity contribution in [1.29, 1.82) is 0 Å². The van der Waals surface area contributed by atoms with Gasteiger partial charge in [0.05, 0.1) is 18.7 Å². The number of carbonyl (C=O) groups is 1. The van der Waals surface area contributed by atoms with Gasteiger partial charge in [-0.05, 0) is 33.6 Å². The Kier molecular flexibility index (Phi) is 5.39. The van der Waals surface area contributed by atoms with E-state index >= 15 is 0 Å². The lowest BCUT2D eigenvalue weighted by Gasteiger charge is -2.28. The van der Waals surface area contributed by atoms with Crippen LogP contribution in [0.25, 0.3) is 0 Å². The Bertz CT molecular complexity index is 507. The minimum absolute atomic E-state index is 0.185. The molecule has 0 fully saturated rings. The highest BCUT2D eigenvalue weighted by Crippen LogP contribution is 2.14. The molecule has 1 aliphatic rings. The molecule has 0 saturated carbocycles. The van der Waals surface area contributed by atoms with Gasteiger partial charge in [0.1, 0.15) is 5.82 Å².